The van der Waals surface area contributed by atoms with Crippen molar-refractivity contribution < 1.29 is 9.66 Å². The SMILES string of the molecule is NNc1ncc(Br)c(Oc2c(Cl)cccc2[N+](=O)[O-])n1. The van der Waals surface area contributed by atoms with Gasteiger partial charge in [0.2, 0.25) is 17.6 Å². The zero-order chi connectivity index (χ0) is 14.7. The lowest BCUT2D eigenvalue weighted by molar-refractivity contribution is -0.385. The number of hydrogen-bond donors (Lipinski definition) is 2. The van der Waals surface area contributed by atoms with Gasteiger partial charge in [-0.25, -0.2) is 10.8 Å². The molecule has 0 aliphatic carbocycles. The van der Waals surface area contributed by atoms with Crippen LogP contribution in [-0.2, 0) is 0 Å². The zero-order valence-electron chi connectivity index (χ0n) is 9.71. The summed E-state index contributed by atoms with van der Waals surface area (Å²) in [6.45, 7) is 0. The van der Waals surface area contributed by atoms with Gasteiger partial charge < -0.3 is 4.74 Å². The Balaban J connectivity index is 2.47. The molecular weight excluding hydrogens is 353 g/mol. The van der Waals surface area contributed by atoms with E-state index in [-0.39, 0.29) is 28.3 Å². The third-order valence-electron chi connectivity index (χ3n) is 2.18. The fourth-order valence-corrected chi connectivity index (χ4v) is 1.81. The van der Waals surface area contributed by atoms with Crippen LogP contribution in [0.1, 0.15) is 0 Å². The summed E-state index contributed by atoms with van der Waals surface area (Å²) >= 11 is 9.09. The van der Waals surface area contributed by atoms with Crippen LogP contribution in [0.3, 0.4) is 0 Å². The van der Waals surface area contributed by atoms with Crippen LogP contribution >= 0.6 is 27.5 Å². The quantitative estimate of drug-likeness (QED) is 0.489. The first kappa shape index (κ1) is 14.4. The Morgan fingerprint density at radius 1 is 1.50 bits per heavy atom. The van der Waals surface area contributed by atoms with Gasteiger partial charge >= 0.3 is 5.69 Å². The second-order valence-electron chi connectivity index (χ2n) is 3.44. The third kappa shape index (κ3) is 2.95. The van der Waals surface area contributed by atoms with Gasteiger partial charge in [-0.05, 0) is 22.0 Å². The van der Waals surface area contributed by atoms with Crippen LogP contribution in [0.5, 0.6) is 11.6 Å². The molecule has 10 heteroatoms. The summed E-state index contributed by atoms with van der Waals surface area (Å²) in [5.41, 5.74) is 1.97. The number of nitrogen functional groups attached to an aromatic ring is 1. The second-order valence-corrected chi connectivity index (χ2v) is 4.70. The summed E-state index contributed by atoms with van der Waals surface area (Å²) in [6.07, 6.45) is 1.39. The van der Waals surface area contributed by atoms with E-state index in [1.165, 1.54) is 24.4 Å². The summed E-state index contributed by atoms with van der Waals surface area (Å²) < 4.78 is 5.80. The highest BCUT2D eigenvalue weighted by atomic mass is 79.9. The molecular formula is C10H7BrClN5O3. The van der Waals surface area contributed by atoms with Crippen LogP contribution in [0.25, 0.3) is 0 Å². The van der Waals surface area contributed by atoms with Crippen LogP contribution in [0.2, 0.25) is 5.02 Å². The minimum absolute atomic E-state index is 0.0455. The lowest BCUT2D eigenvalue weighted by atomic mass is 10.3. The predicted molar refractivity (Wildman–Crippen MR) is 75.7 cm³/mol. The highest BCUT2D eigenvalue weighted by Crippen LogP contribution is 2.39. The summed E-state index contributed by atoms with van der Waals surface area (Å²) in [5, 5.41) is 11.1. The molecule has 0 aliphatic rings. The summed E-state index contributed by atoms with van der Waals surface area (Å²) in [7, 11) is 0. The van der Waals surface area contributed by atoms with Crippen molar-refractivity contribution in [3.8, 4) is 11.6 Å². The number of hydrogen-bond acceptors (Lipinski definition) is 7. The first-order valence-corrected chi connectivity index (χ1v) is 6.30. The minimum atomic E-state index is -0.599. The summed E-state index contributed by atoms with van der Waals surface area (Å²) in [5.74, 6) is 5.22. The van der Waals surface area contributed by atoms with Gasteiger partial charge in [0.15, 0.2) is 0 Å². The van der Waals surface area contributed by atoms with Gasteiger partial charge in [0.25, 0.3) is 0 Å². The number of nitro groups is 1. The molecule has 0 aliphatic heterocycles. The Labute approximate surface area is 126 Å². The van der Waals surface area contributed by atoms with E-state index in [4.69, 9.17) is 22.2 Å². The van der Waals surface area contributed by atoms with Gasteiger partial charge in [0, 0.05) is 6.07 Å². The largest absolute Gasteiger partial charge is 0.429 e. The highest BCUT2D eigenvalue weighted by molar-refractivity contribution is 9.10. The molecule has 0 bridgehead atoms. The maximum Gasteiger partial charge on any atom is 0.313 e. The zero-order valence-corrected chi connectivity index (χ0v) is 12.1. The van der Waals surface area contributed by atoms with Crippen molar-refractivity contribution in [3.63, 3.8) is 0 Å². The molecule has 0 radical (unpaired) electrons. The number of nitrogens with one attached hydrogen (secondary N) is 1. The number of nitrogens with zero attached hydrogens (tertiary/aromatic N) is 3. The minimum Gasteiger partial charge on any atom is -0.429 e. The summed E-state index contributed by atoms with van der Waals surface area (Å²) in [4.78, 5) is 18.1. The maximum absolute atomic E-state index is 11.0. The third-order valence-corrected chi connectivity index (χ3v) is 3.02. The first-order valence-electron chi connectivity index (χ1n) is 5.13. The van der Waals surface area contributed by atoms with Crippen LogP contribution in [0.4, 0.5) is 11.6 Å². The average molecular weight is 361 g/mol. The van der Waals surface area contributed by atoms with Crippen LogP contribution in [0.15, 0.2) is 28.9 Å². The van der Waals surface area contributed by atoms with Crippen molar-refractivity contribution in [1.82, 2.24) is 9.97 Å². The Morgan fingerprint density at radius 3 is 2.90 bits per heavy atom. The molecule has 2 rings (SSSR count). The van der Waals surface area contributed by atoms with Crippen LogP contribution < -0.4 is 16.0 Å². The smallest absolute Gasteiger partial charge is 0.313 e. The molecule has 1 aromatic heterocycles. The molecule has 104 valence electrons. The van der Waals surface area contributed by atoms with E-state index in [0.717, 1.165) is 0 Å². The number of nitro benzene ring substituents is 1. The highest BCUT2D eigenvalue weighted by Gasteiger charge is 2.20. The fourth-order valence-electron chi connectivity index (χ4n) is 1.33. The van der Waals surface area contributed by atoms with E-state index in [1.54, 1.807) is 0 Å². The van der Waals surface area contributed by atoms with E-state index in [1.807, 2.05) is 0 Å². The van der Waals surface area contributed by atoms with Crippen molar-refractivity contribution >= 4 is 39.2 Å². The first-order chi connectivity index (χ1) is 9.52. The van der Waals surface area contributed by atoms with E-state index >= 15 is 0 Å². The van der Waals surface area contributed by atoms with Crippen molar-refractivity contribution in [2.24, 2.45) is 5.84 Å². The van der Waals surface area contributed by atoms with Gasteiger partial charge in [-0.2, -0.15) is 4.98 Å². The molecule has 0 fully saturated rings. The fraction of sp³-hybridized carbons (Fsp3) is 0. The molecule has 0 atom stereocenters. The van der Waals surface area contributed by atoms with Crippen molar-refractivity contribution in [2.45, 2.75) is 0 Å². The molecule has 1 heterocycles. The van der Waals surface area contributed by atoms with Crippen molar-refractivity contribution in [3.05, 3.63) is 44.0 Å². The van der Waals surface area contributed by atoms with Crippen molar-refractivity contribution in [2.75, 3.05) is 5.43 Å². The molecule has 0 unspecified atom stereocenters. The number of rotatable bonds is 4. The Morgan fingerprint density at radius 2 is 2.25 bits per heavy atom. The average Bonchev–Trinajstić information content (AvgIpc) is 2.43. The number of benzene rings is 1. The number of halogens is 2. The number of hydrazine groups is 1. The Kier molecular flexibility index (Phi) is 4.32. The summed E-state index contributed by atoms with van der Waals surface area (Å²) in [6, 6.07) is 4.20. The number of para-hydroxylation sites is 1. The van der Waals surface area contributed by atoms with E-state index in [9.17, 15) is 10.1 Å². The van der Waals surface area contributed by atoms with Crippen LogP contribution in [0, 0.1) is 10.1 Å². The van der Waals surface area contributed by atoms with Gasteiger partial charge in [0.1, 0.15) is 0 Å². The van der Waals surface area contributed by atoms with E-state index in [0.29, 0.717) is 4.47 Å². The molecule has 8 nitrogen and oxygen atoms in total. The number of anilines is 1. The second kappa shape index (κ2) is 5.99. The number of ether oxygens (including phenoxy) is 1. The number of nitrogens with two attached hydrogens (primary N) is 1. The molecule has 20 heavy (non-hydrogen) atoms. The molecule has 1 aromatic carbocycles. The van der Waals surface area contributed by atoms with E-state index in [2.05, 4.69) is 31.3 Å². The lowest BCUT2D eigenvalue weighted by Crippen LogP contribution is -2.10. The normalized spacial score (nSPS) is 10.2. The molecule has 0 spiro atoms. The molecule has 3 N–H and O–H groups in total. The predicted octanol–water partition coefficient (Wildman–Crippen LogP) is 2.88. The monoisotopic (exact) mass is 359 g/mol. The Hall–Kier alpha value is -1.97. The molecule has 0 saturated heterocycles. The van der Waals surface area contributed by atoms with Crippen LogP contribution in [-0.4, -0.2) is 14.9 Å². The standard InChI is InChI=1S/C10H7BrClN5O3/c11-5-4-14-10(16-13)15-9(5)20-8-6(12)2-1-3-7(8)17(18)19/h1-4H,13H2,(H,14,15,16). The number of aromatic nitrogens is 2. The van der Waals surface area contributed by atoms with Gasteiger partial charge in [-0.15, -0.1) is 0 Å². The van der Waals surface area contributed by atoms with E-state index < -0.39 is 4.92 Å². The Bertz CT molecular complexity index is 669. The van der Waals surface area contributed by atoms with Gasteiger partial charge in [-0.1, -0.05) is 17.7 Å². The topological polar surface area (TPSA) is 116 Å². The lowest BCUT2D eigenvalue weighted by Gasteiger charge is -2.09. The van der Waals surface area contributed by atoms with Gasteiger partial charge in [0.05, 0.1) is 20.6 Å². The van der Waals surface area contributed by atoms with Gasteiger partial charge in [-0.3, -0.25) is 15.5 Å². The van der Waals surface area contributed by atoms with Crippen molar-refractivity contribution in [1.29, 1.82) is 0 Å². The molecule has 0 amide bonds. The molecule has 2 aromatic rings. The molecule has 0 saturated carbocycles. The maximum atomic E-state index is 11.0.